The van der Waals surface area contributed by atoms with Gasteiger partial charge in [-0.15, -0.1) is 11.8 Å². The van der Waals surface area contributed by atoms with E-state index < -0.39 is 0 Å². The van der Waals surface area contributed by atoms with E-state index in [4.69, 9.17) is 11.6 Å². The first-order valence-corrected chi connectivity index (χ1v) is 7.87. The van der Waals surface area contributed by atoms with Crippen molar-refractivity contribution in [2.75, 3.05) is 0 Å². The van der Waals surface area contributed by atoms with Crippen LogP contribution in [-0.2, 0) is 12.2 Å². The number of hydrogen-bond donors (Lipinski definition) is 1. The second kappa shape index (κ2) is 6.95. The molecule has 0 unspecified atom stereocenters. The minimum absolute atomic E-state index is 0.0812. The minimum atomic E-state index is -0.0812. The van der Waals surface area contributed by atoms with E-state index in [1.807, 2.05) is 24.3 Å². The molecule has 1 N–H and O–H groups in total. The molecule has 0 bridgehead atoms. The molecule has 0 atom stereocenters. The molecule has 2 rings (SSSR count). The number of hydrogen-bond acceptors (Lipinski definition) is 3. The predicted molar refractivity (Wildman–Crippen MR) is 84.4 cm³/mol. The van der Waals surface area contributed by atoms with Crippen molar-refractivity contribution in [3.05, 3.63) is 57.2 Å². The van der Waals surface area contributed by atoms with E-state index in [1.54, 1.807) is 17.8 Å². The maximum Gasteiger partial charge on any atom is 0.251 e. The molecule has 0 amide bonds. The molecule has 20 heavy (non-hydrogen) atoms. The molecule has 5 heteroatoms. The van der Waals surface area contributed by atoms with Gasteiger partial charge in [0.05, 0.1) is 5.75 Å². The normalized spacial score (nSPS) is 11.0. The zero-order valence-electron chi connectivity index (χ0n) is 11.5. The highest BCUT2D eigenvalue weighted by Crippen LogP contribution is 2.22. The molecule has 3 nitrogen and oxygen atoms in total. The number of aromatic amines is 1. The number of thioether (sulfide) groups is 1. The number of nitrogens with one attached hydrogen (secondary N) is 1. The average molecular weight is 309 g/mol. The summed E-state index contributed by atoms with van der Waals surface area (Å²) in [6.07, 6.45) is 0.822. The molecule has 106 valence electrons. The molecule has 0 aliphatic carbocycles. The third-order valence-electron chi connectivity index (χ3n) is 2.65. The Labute approximate surface area is 127 Å². The highest BCUT2D eigenvalue weighted by Gasteiger charge is 2.05. The highest BCUT2D eigenvalue weighted by atomic mass is 35.5. The molecule has 0 aliphatic rings. The molecule has 0 aliphatic heterocycles. The fourth-order valence-corrected chi connectivity index (χ4v) is 2.73. The maximum absolute atomic E-state index is 11.6. The Balaban J connectivity index is 2.07. The van der Waals surface area contributed by atoms with Gasteiger partial charge in [-0.2, -0.15) is 0 Å². The highest BCUT2D eigenvalue weighted by molar-refractivity contribution is 7.98. The molecule has 0 saturated carbocycles. The van der Waals surface area contributed by atoms with Crippen molar-refractivity contribution in [2.45, 2.75) is 30.9 Å². The van der Waals surface area contributed by atoms with Crippen LogP contribution in [0.2, 0.25) is 5.02 Å². The molecule has 0 spiro atoms. The predicted octanol–water partition coefficient (Wildman–Crippen LogP) is 3.91. The quantitative estimate of drug-likeness (QED) is 0.852. The van der Waals surface area contributed by atoms with Gasteiger partial charge in [-0.25, -0.2) is 4.98 Å². The van der Waals surface area contributed by atoms with Crippen LogP contribution in [0, 0.1) is 5.92 Å². The van der Waals surface area contributed by atoms with Gasteiger partial charge in [0.2, 0.25) is 0 Å². The van der Waals surface area contributed by atoms with Crippen molar-refractivity contribution < 1.29 is 0 Å². The van der Waals surface area contributed by atoms with Gasteiger partial charge in [0.25, 0.3) is 5.56 Å². The lowest BCUT2D eigenvalue weighted by Gasteiger charge is -2.06. The van der Waals surface area contributed by atoms with Crippen LogP contribution in [0.5, 0.6) is 0 Å². The van der Waals surface area contributed by atoms with E-state index >= 15 is 0 Å². The standard InChI is InChI=1S/C15H17ClN2OS/c1-10(2)7-12-8-15(19)18-14(17-12)9-20-13-5-3-11(16)4-6-13/h3-6,8,10H,7,9H2,1-2H3,(H,17,18,19). The fraction of sp³-hybridized carbons (Fsp3) is 0.333. The lowest BCUT2D eigenvalue weighted by atomic mass is 10.1. The van der Waals surface area contributed by atoms with E-state index in [1.165, 1.54) is 0 Å². The summed E-state index contributed by atoms with van der Waals surface area (Å²) < 4.78 is 0. The fourth-order valence-electron chi connectivity index (χ4n) is 1.84. The summed E-state index contributed by atoms with van der Waals surface area (Å²) in [6, 6.07) is 9.22. The van der Waals surface area contributed by atoms with Crippen LogP contribution in [0.1, 0.15) is 25.4 Å². The molecule has 1 aromatic heterocycles. The van der Waals surface area contributed by atoms with Gasteiger partial charge in [0.1, 0.15) is 5.82 Å². The van der Waals surface area contributed by atoms with Crippen LogP contribution in [0.25, 0.3) is 0 Å². The molecular weight excluding hydrogens is 292 g/mol. The Morgan fingerprint density at radius 1 is 1.30 bits per heavy atom. The molecule has 0 saturated heterocycles. The molecule has 1 aromatic carbocycles. The van der Waals surface area contributed by atoms with E-state index in [-0.39, 0.29) is 5.56 Å². The first kappa shape index (κ1) is 15.1. The molecule has 1 heterocycles. The Kier molecular flexibility index (Phi) is 5.26. The van der Waals surface area contributed by atoms with Crippen LogP contribution in [-0.4, -0.2) is 9.97 Å². The van der Waals surface area contributed by atoms with Crippen molar-refractivity contribution in [1.82, 2.24) is 9.97 Å². The van der Waals surface area contributed by atoms with Gasteiger partial charge in [0, 0.05) is 21.7 Å². The van der Waals surface area contributed by atoms with E-state index in [2.05, 4.69) is 23.8 Å². The van der Waals surface area contributed by atoms with Gasteiger partial charge in [-0.05, 0) is 36.6 Å². The Morgan fingerprint density at radius 3 is 2.65 bits per heavy atom. The first-order chi connectivity index (χ1) is 9.52. The van der Waals surface area contributed by atoms with Crippen LogP contribution in [0.15, 0.2) is 40.0 Å². The third kappa shape index (κ3) is 4.69. The lowest BCUT2D eigenvalue weighted by molar-refractivity contribution is 0.630. The first-order valence-electron chi connectivity index (χ1n) is 6.50. The van der Waals surface area contributed by atoms with Crippen LogP contribution in [0.3, 0.4) is 0 Å². The summed E-state index contributed by atoms with van der Waals surface area (Å²) in [6.45, 7) is 4.23. The molecular formula is C15H17ClN2OS. The summed E-state index contributed by atoms with van der Waals surface area (Å²) >= 11 is 7.48. The number of nitrogens with zero attached hydrogens (tertiary/aromatic N) is 1. The van der Waals surface area contributed by atoms with Crippen molar-refractivity contribution in [3.8, 4) is 0 Å². The average Bonchev–Trinajstić information content (AvgIpc) is 2.36. The molecule has 2 aromatic rings. The van der Waals surface area contributed by atoms with Gasteiger partial charge >= 0.3 is 0 Å². The second-order valence-corrected chi connectivity index (χ2v) is 6.51. The molecule has 0 fully saturated rings. The number of H-pyrrole nitrogens is 1. The number of halogens is 1. The zero-order valence-corrected chi connectivity index (χ0v) is 13.1. The summed E-state index contributed by atoms with van der Waals surface area (Å²) in [5.74, 6) is 1.84. The van der Waals surface area contributed by atoms with Crippen LogP contribution >= 0.6 is 23.4 Å². The van der Waals surface area contributed by atoms with E-state index in [0.29, 0.717) is 17.5 Å². The van der Waals surface area contributed by atoms with Gasteiger partial charge < -0.3 is 4.98 Å². The number of rotatable bonds is 5. The van der Waals surface area contributed by atoms with E-state index in [0.717, 1.165) is 22.0 Å². The van der Waals surface area contributed by atoms with Gasteiger partial charge in [-0.3, -0.25) is 4.79 Å². The van der Waals surface area contributed by atoms with Crippen molar-refractivity contribution in [3.63, 3.8) is 0 Å². The van der Waals surface area contributed by atoms with Crippen LogP contribution in [0.4, 0.5) is 0 Å². The zero-order chi connectivity index (χ0) is 14.5. The summed E-state index contributed by atoms with van der Waals surface area (Å²) in [4.78, 5) is 20.0. The van der Waals surface area contributed by atoms with Gasteiger partial charge in [0.15, 0.2) is 0 Å². The monoisotopic (exact) mass is 308 g/mol. The lowest BCUT2D eigenvalue weighted by Crippen LogP contribution is -2.13. The maximum atomic E-state index is 11.6. The topological polar surface area (TPSA) is 45.8 Å². The number of benzene rings is 1. The van der Waals surface area contributed by atoms with E-state index in [9.17, 15) is 4.79 Å². The number of aromatic nitrogens is 2. The smallest absolute Gasteiger partial charge is 0.251 e. The van der Waals surface area contributed by atoms with Crippen molar-refractivity contribution >= 4 is 23.4 Å². The Hall–Kier alpha value is -1.26. The van der Waals surface area contributed by atoms with Gasteiger partial charge in [-0.1, -0.05) is 25.4 Å². The molecule has 0 radical (unpaired) electrons. The summed E-state index contributed by atoms with van der Waals surface area (Å²) in [7, 11) is 0. The third-order valence-corrected chi connectivity index (χ3v) is 3.93. The minimum Gasteiger partial charge on any atom is -0.310 e. The SMILES string of the molecule is CC(C)Cc1cc(=O)[nH]c(CSc2ccc(Cl)cc2)n1. The summed E-state index contributed by atoms with van der Waals surface area (Å²) in [5.41, 5.74) is 0.776. The van der Waals surface area contributed by atoms with Crippen molar-refractivity contribution in [2.24, 2.45) is 5.92 Å². The Morgan fingerprint density at radius 2 is 2.00 bits per heavy atom. The van der Waals surface area contributed by atoms with Crippen LogP contribution < -0.4 is 5.56 Å². The Bertz CT molecular complexity index is 623. The second-order valence-electron chi connectivity index (χ2n) is 5.02. The summed E-state index contributed by atoms with van der Waals surface area (Å²) in [5, 5.41) is 0.722. The largest absolute Gasteiger partial charge is 0.310 e. The van der Waals surface area contributed by atoms with Crippen molar-refractivity contribution in [1.29, 1.82) is 0 Å².